The molecule has 2 aliphatic carbocycles. The van der Waals surface area contributed by atoms with Gasteiger partial charge in [-0.1, -0.05) is 53.3 Å². The zero-order valence-corrected chi connectivity index (χ0v) is 41.0. The van der Waals surface area contributed by atoms with Gasteiger partial charge in [-0.25, -0.2) is 36.0 Å². The molecule has 360 valence electrons. The highest BCUT2D eigenvalue weighted by molar-refractivity contribution is 7.92. The number of hydrogen-bond acceptors (Lipinski definition) is 13. The predicted octanol–water partition coefficient (Wildman–Crippen LogP) is 9.78. The first-order valence-corrected chi connectivity index (χ1v) is 25.8. The molecule has 4 aromatic carbocycles. The summed E-state index contributed by atoms with van der Waals surface area (Å²) in [7, 11) is -3.27. The van der Waals surface area contributed by atoms with Crippen molar-refractivity contribution < 1.29 is 35.4 Å². The second-order valence-electron chi connectivity index (χ2n) is 17.5. The molecule has 0 spiro atoms. The number of hydrogen-bond donors (Lipinski definition) is 2. The van der Waals surface area contributed by atoms with E-state index in [0.717, 1.165) is 70.9 Å². The first-order valence-electron chi connectivity index (χ1n) is 22.6. The van der Waals surface area contributed by atoms with Gasteiger partial charge in [0.15, 0.2) is 0 Å². The van der Waals surface area contributed by atoms with E-state index >= 15 is 0 Å². The smallest absolute Gasteiger partial charge is 0.256 e. The summed E-state index contributed by atoms with van der Waals surface area (Å²) in [4.78, 5) is 18.1. The molecule has 2 aromatic heterocycles. The minimum Gasteiger partial charge on any atom is -0.502 e. The standard InChI is InChI=1S/C26H31N5O4S.C24H24N4O4S/c1-17(2)34-24-13-12-18(16-23(24)27-3)26-28-25(29-35-26)21-10-6-9-20-19(21)8-7-11-22(20)30-36(32,33)15-14-31(4)5;1-5-33(29,30)28-20-11-7-8-17-18(20)9-6-10-19(17)23-26-24(32-27-23)16-12-13-22(31-15(2)3)21(14-16)25-4/h6,9-10,12-13,16-17,22,30H,7-8,11,14-15H2,1-2,4-5H3;5-6,9-10,12-15,20,28H,1,7-8,11H2,2-3H3/t22-;20-/m11/s1. The molecule has 0 saturated carbocycles. The van der Waals surface area contributed by atoms with Gasteiger partial charge in [0.05, 0.1) is 31.1 Å². The van der Waals surface area contributed by atoms with Crippen LogP contribution in [0.2, 0.25) is 0 Å². The maximum atomic E-state index is 12.7. The summed E-state index contributed by atoms with van der Waals surface area (Å²) < 4.78 is 77.4. The summed E-state index contributed by atoms with van der Waals surface area (Å²) in [5, 5.41) is 9.29. The number of rotatable bonds is 16. The van der Waals surface area contributed by atoms with Gasteiger partial charge in [-0.3, -0.25) is 0 Å². The fourth-order valence-electron chi connectivity index (χ4n) is 8.27. The van der Waals surface area contributed by atoms with Crippen LogP contribution < -0.4 is 18.9 Å². The van der Waals surface area contributed by atoms with Gasteiger partial charge in [0.1, 0.15) is 11.5 Å². The van der Waals surface area contributed by atoms with Gasteiger partial charge in [0.2, 0.25) is 43.1 Å². The molecule has 0 radical (unpaired) electrons. The minimum absolute atomic E-state index is 0.0445. The fraction of sp³-hybridized carbons (Fsp3) is 0.360. The first-order chi connectivity index (χ1) is 33.0. The molecule has 2 N–H and O–H groups in total. The molecule has 19 heteroatoms. The van der Waals surface area contributed by atoms with Gasteiger partial charge in [-0.05, 0) is 139 Å². The number of fused-ring (bicyclic) bond motifs is 2. The monoisotopic (exact) mass is 973 g/mol. The maximum absolute atomic E-state index is 12.7. The average Bonchev–Trinajstić information content (AvgIpc) is 4.03. The lowest BCUT2D eigenvalue weighted by atomic mass is 9.85. The Balaban J connectivity index is 0.000000205. The number of aromatic nitrogens is 4. The largest absolute Gasteiger partial charge is 0.502 e. The molecule has 69 heavy (non-hydrogen) atoms. The van der Waals surface area contributed by atoms with E-state index in [1.54, 1.807) is 36.4 Å². The van der Waals surface area contributed by atoms with Crippen molar-refractivity contribution in [2.45, 2.75) is 90.5 Å². The van der Waals surface area contributed by atoms with E-state index < -0.39 is 20.0 Å². The fourth-order valence-corrected chi connectivity index (χ4v) is 10.4. The summed E-state index contributed by atoms with van der Waals surface area (Å²) in [6.45, 7) is 26.4. The van der Waals surface area contributed by atoms with Crippen LogP contribution in [-0.4, -0.2) is 80.6 Å². The van der Waals surface area contributed by atoms with Crippen molar-refractivity contribution in [2.75, 3.05) is 26.4 Å². The van der Waals surface area contributed by atoms with Crippen LogP contribution in [0, 0.1) is 13.1 Å². The van der Waals surface area contributed by atoms with Gasteiger partial charge >= 0.3 is 0 Å². The Morgan fingerprint density at radius 3 is 1.62 bits per heavy atom. The van der Waals surface area contributed by atoms with Crippen molar-refractivity contribution in [2.24, 2.45) is 0 Å². The Morgan fingerprint density at radius 2 is 1.20 bits per heavy atom. The molecule has 6 aromatic rings. The van der Waals surface area contributed by atoms with Gasteiger partial charge in [-0.2, -0.15) is 9.97 Å². The number of nitrogens with zero attached hydrogens (tertiary/aromatic N) is 7. The highest BCUT2D eigenvalue weighted by atomic mass is 32.2. The minimum atomic E-state index is -3.56. The van der Waals surface area contributed by atoms with Crippen molar-refractivity contribution in [3.05, 3.63) is 130 Å². The molecule has 0 saturated heterocycles. The zero-order valence-electron chi connectivity index (χ0n) is 39.4. The Morgan fingerprint density at radius 1 is 0.739 bits per heavy atom. The van der Waals surface area contributed by atoms with Gasteiger partial charge < -0.3 is 23.4 Å². The van der Waals surface area contributed by atoms with Crippen LogP contribution in [0.3, 0.4) is 0 Å². The first kappa shape index (κ1) is 50.1. The van der Waals surface area contributed by atoms with Crippen molar-refractivity contribution in [3.63, 3.8) is 0 Å². The van der Waals surface area contributed by atoms with E-state index in [9.17, 15) is 16.8 Å². The highest BCUT2D eigenvalue weighted by Gasteiger charge is 2.29. The topological polar surface area (TPSA) is 201 Å². The molecule has 0 fully saturated rings. The van der Waals surface area contributed by atoms with E-state index in [1.807, 2.05) is 83.1 Å². The van der Waals surface area contributed by atoms with Crippen molar-refractivity contribution in [1.82, 2.24) is 34.6 Å². The molecular weight excluding hydrogens is 919 g/mol. The normalized spacial score (nSPS) is 15.6. The molecule has 8 rings (SSSR count). The van der Waals surface area contributed by atoms with E-state index in [2.05, 4.69) is 46.0 Å². The lowest BCUT2D eigenvalue weighted by Gasteiger charge is -2.27. The Hall–Kier alpha value is -6.74. The quantitative estimate of drug-likeness (QED) is 0.0869. The van der Waals surface area contributed by atoms with E-state index in [-0.39, 0.29) is 30.0 Å². The van der Waals surface area contributed by atoms with Crippen molar-refractivity contribution >= 4 is 31.4 Å². The van der Waals surface area contributed by atoms with Crippen molar-refractivity contribution in [3.8, 4) is 57.2 Å². The third kappa shape index (κ3) is 12.3. The van der Waals surface area contributed by atoms with Crippen LogP contribution in [0.25, 0.3) is 55.4 Å². The van der Waals surface area contributed by atoms with Gasteiger partial charge in [0, 0.05) is 46.3 Å². The Bertz CT molecular complexity index is 3130. The second-order valence-corrected chi connectivity index (χ2v) is 21.0. The van der Waals surface area contributed by atoms with Crippen LogP contribution in [-0.2, 0) is 32.9 Å². The second kappa shape index (κ2) is 21.7. The molecule has 0 aliphatic heterocycles. The molecule has 2 heterocycles. The van der Waals surface area contributed by atoms with Crippen LogP contribution in [0.1, 0.15) is 87.7 Å². The van der Waals surface area contributed by atoms with Crippen LogP contribution >= 0.6 is 0 Å². The number of sulfonamides is 2. The summed E-state index contributed by atoms with van der Waals surface area (Å²) in [6.07, 6.45) is 4.60. The van der Waals surface area contributed by atoms with E-state index in [0.29, 0.717) is 70.4 Å². The Kier molecular flexibility index (Phi) is 15.8. The molecule has 0 bridgehead atoms. The SMILES string of the molecule is [C-]#[N+]c1cc(-c2nc(-c3cccc4c3CCC[C@H]4NS(=O)(=O)C=C)no2)ccc1OC(C)C.[C-]#[N+]c1cc(-c2nc(-c3cccc4c3CCC[C@H]4NS(=O)(=O)CCN(C)C)no2)ccc1OC(C)C. The van der Waals surface area contributed by atoms with Crippen LogP contribution in [0.4, 0.5) is 11.4 Å². The zero-order chi connectivity index (χ0) is 49.5. The van der Waals surface area contributed by atoms with Gasteiger partial charge in [0.25, 0.3) is 11.8 Å². The summed E-state index contributed by atoms with van der Waals surface area (Å²) in [5.41, 5.74) is 7.50. The van der Waals surface area contributed by atoms with E-state index in [1.165, 1.54) is 0 Å². The average molecular weight is 974 g/mol. The molecule has 2 atom stereocenters. The Labute approximate surface area is 403 Å². The van der Waals surface area contributed by atoms with Gasteiger partial charge in [-0.15, -0.1) is 0 Å². The van der Waals surface area contributed by atoms with Crippen LogP contribution in [0.5, 0.6) is 11.5 Å². The number of ether oxygens (including phenoxy) is 2. The predicted molar refractivity (Wildman–Crippen MR) is 263 cm³/mol. The molecule has 2 aliphatic rings. The molecule has 17 nitrogen and oxygen atoms in total. The third-order valence-corrected chi connectivity index (χ3v) is 13.8. The molecule has 0 unspecified atom stereocenters. The van der Waals surface area contributed by atoms with E-state index in [4.69, 9.17) is 31.7 Å². The maximum Gasteiger partial charge on any atom is 0.256 e. The summed E-state index contributed by atoms with van der Waals surface area (Å²) in [6, 6.07) is 21.2. The highest BCUT2D eigenvalue weighted by Crippen LogP contribution is 2.40. The number of benzene rings is 4. The molecular formula is C50H55N9O8S2. The number of nitrogens with one attached hydrogen (secondary N) is 2. The lowest BCUT2D eigenvalue weighted by Crippen LogP contribution is -2.35. The van der Waals surface area contributed by atoms with Crippen molar-refractivity contribution in [1.29, 1.82) is 0 Å². The lowest BCUT2D eigenvalue weighted by molar-refractivity contribution is 0.244. The summed E-state index contributed by atoms with van der Waals surface area (Å²) >= 11 is 0. The summed E-state index contributed by atoms with van der Waals surface area (Å²) in [5.74, 6) is 2.52. The van der Waals surface area contributed by atoms with Crippen LogP contribution in [0.15, 0.2) is 93.8 Å². The third-order valence-electron chi connectivity index (χ3n) is 11.4. The molecule has 0 amide bonds.